The lowest BCUT2D eigenvalue weighted by atomic mass is 10.1. The zero-order valence-electron chi connectivity index (χ0n) is 13.3. The monoisotopic (exact) mass is 342 g/mol. The highest BCUT2D eigenvalue weighted by molar-refractivity contribution is 8.00. The van der Waals surface area contributed by atoms with Crippen LogP contribution in [0.3, 0.4) is 0 Å². The van der Waals surface area contributed by atoms with Crippen molar-refractivity contribution in [1.29, 1.82) is 0 Å². The van der Waals surface area contributed by atoms with E-state index in [1.807, 2.05) is 13.8 Å². The summed E-state index contributed by atoms with van der Waals surface area (Å²) in [7, 11) is 0. The van der Waals surface area contributed by atoms with E-state index in [1.54, 1.807) is 16.7 Å². The Balaban J connectivity index is 2.05. The molecule has 1 aromatic rings. The Hall–Kier alpha value is -1.15. The lowest BCUT2D eigenvalue weighted by Gasteiger charge is -2.29. The van der Waals surface area contributed by atoms with Gasteiger partial charge in [-0.15, -0.1) is 22.0 Å². The summed E-state index contributed by atoms with van der Waals surface area (Å²) >= 11 is 3.02. The SMILES string of the molecule is CCC(CC)c1nnc(NC(=O)C2CSC(C)(C)N2C=O)s1. The molecule has 6 nitrogen and oxygen atoms in total. The summed E-state index contributed by atoms with van der Waals surface area (Å²) in [5.41, 5.74) is 0. The van der Waals surface area contributed by atoms with Gasteiger partial charge in [0.05, 0.1) is 4.87 Å². The summed E-state index contributed by atoms with van der Waals surface area (Å²) in [6.07, 6.45) is 2.76. The summed E-state index contributed by atoms with van der Waals surface area (Å²) in [6.45, 7) is 8.12. The number of carbonyl (C=O) groups is 2. The van der Waals surface area contributed by atoms with Gasteiger partial charge in [0.15, 0.2) is 0 Å². The highest BCUT2D eigenvalue weighted by Crippen LogP contribution is 2.38. The highest BCUT2D eigenvalue weighted by Gasteiger charge is 2.43. The minimum Gasteiger partial charge on any atom is -0.318 e. The van der Waals surface area contributed by atoms with Crippen LogP contribution in [0.4, 0.5) is 5.13 Å². The van der Waals surface area contributed by atoms with Gasteiger partial charge >= 0.3 is 0 Å². The van der Waals surface area contributed by atoms with E-state index < -0.39 is 6.04 Å². The van der Waals surface area contributed by atoms with Crippen LogP contribution in [-0.2, 0) is 9.59 Å². The quantitative estimate of drug-likeness (QED) is 0.805. The lowest BCUT2D eigenvalue weighted by Crippen LogP contribution is -2.47. The Morgan fingerprint density at radius 2 is 2.14 bits per heavy atom. The van der Waals surface area contributed by atoms with Gasteiger partial charge in [-0.2, -0.15) is 0 Å². The topological polar surface area (TPSA) is 75.2 Å². The van der Waals surface area contributed by atoms with Gasteiger partial charge in [-0.25, -0.2) is 0 Å². The summed E-state index contributed by atoms with van der Waals surface area (Å²) in [5, 5.41) is 12.5. The first-order valence-electron chi connectivity index (χ1n) is 7.44. The second kappa shape index (κ2) is 6.95. The Bertz CT molecular complexity index is 543. The van der Waals surface area contributed by atoms with Gasteiger partial charge in [0.25, 0.3) is 0 Å². The van der Waals surface area contributed by atoms with Crippen molar-refractivity contribution in [2.24, 2.45) is 0 Å². The largest absolute Gasteiger partial charge is 0.318 e. The molecule has 1 saturated heterocycles. The molecular formula is C14H22N4O2S2. The first-order valence-corrected chi connectivity index (χ1v) is 9.25. The van der Waals surface area contributed by atoms with Crippen LogP contribution in [0, 0.1) is 0 Å². The Labute approximate surface area is 139 Å². The zero-order valence-corrected chi connectivity index (χ0v) is 15.0. The van der Waals surface area contributed by atoms with E-state index in [9.17, 15) is 9.59 Å². The third-order valence-electron chi connectivity index (χ3n) is 3.97. The molecule has 1 N–H and O–H groups in total. The molecule has 0 saturated carbocycles. The molecule has 122 valence electrons. The fraction of sp³-hybridized carbons (Fsp3) is 0.714. The van der Waals surface area contributed by atoms with Crippen LogP contribution in [0.5, 0.6) is 0 Å². The summed E-state index contributed by atoms with van der Waals surface area (Å²) in [5.74, 6) is 0.781. The average molecular weight is 342 g/mol. The van der Waals surface area contributed by atoms with Crippen molar-refractivity contribution in [3.63, 3.8) is 0 Å². The number of anilines is 1. The van der Waals surface area contributed by atoms with Gasteiger partial charge in [0.1, 0.15) is 11.0 Å². The molecule has 1 atom stereocenters. The number of amides is 2. The fourth-order valence-electron chi connectivity index (χ4n) is 2.49. The van der Waals surface area contributed by atoms with E-state index in [0.29, 0.717) is 16.8 Å². The smallest absolute Gasteiger partial charge is 0.249 e. The molecule has 0 spiro atoms. The molecule has 0 aromatic carbocycles. The molecule has 1 unspecified atom stereocenters. The van der Waals surface area contributed by atoms with E-state index in [1.165, 1.54) is 11.3 Å². The van der Waals surface area contributed by atoms with Crippen LogP contribution in [-0.4, -0.2) is 44.1 Å². The number of nitrogens with zero attached hydrogens (tertiary/aromatic N) is 3. The van der Waals surface area contributed by atoms with Crippen molar-refractivity contribution in [3.8, 4) is 0 Å². The number of aromatic nitrogens is 2. The molecule has 1 aliphatic rings. The molecule has 1 aromatic heterocycles. The van der Waals surface area contributed by atoms with Crippen LogP contribution in [0.15, 0.2) is 0 Å². The molecule has 1 aliphatic heterocycles. The standard InChI is InChI=1S/C14H22N4O2S2/c1-5-9(6-2)12-16-17-13(22-12)15-11(20)10-7-21-14(3,4)18(10)8-19/h8-10H,5-7H2,1-4H3,(H,15,17,20). The highest BCUT2D eigenvalue weighted by atomic mass is 32.2. The van der Waals surface area contributed by atoms with E-state index in [4.69, 9.17) is 0 Å². The van der Waals surface area contributed by atoms with Crippen LogP contribution in [0.25, 0.3) is 0 Å². The average Bonchev–Trinajstić information content (AvgIpc) is 3.04. The van der Waals surface area contributed by atoms with Crippen molar-refractivity contribution in [1.82, 2.24) is 15.1 Å². The first kappa shape index (κ1) is 17.2. The fourth-order valence-corrected chi connectivity index (χ4v) is 4.70. The second-order valence-corrected chi connectivity index (χ2v) is 8.36. The number of hydrogen-bond donors (Lipinski definition) is 1. The molecule has 2 heterocycles. The van der Waals surface area contributed by atoms with E-state index in [0.717, 1.165) is 24.3 Å². The molecule has 2 rings (SSSR count). The number of carbonyl (C=O) groups excluding carboxylic acids is 2. The normalized spacial score (nSPS) is 20.4. The predicted molar refractivity (Wildman–Crippen MR) is 90.1 cm³/mol. The molecule has 0 bridgehead atoms. The van der Waals surface area contributed by atoms with Crippen molar-refractivity contribution < 1.29 is 9.59 Å². The minimum absolute atomic E-state index is 0.197. The zero-order chi connectivity index (χ0) is 16.3. The maximum atomic E-state index is 12.4. The number of rotatable bonds is 6. The third-order valence-corrected chi connectivity index (χ3v) is 6.37. The van der Waals surface area contributed by atoms with Crippen LogP contribution in [0.1, 0.15) is 51.5 Å². The van der Waals surface area contributed by atoms with Gasteiger partial charge in [-0.3, -0.25) is 14.9 Å². The van der Waals surface area contributed by atoms with Crippen molar-refractivity contribution >= 4 is 40.5 Å². The molecule has 2 amide bonds. The van der Waals surface area contributed by atoms with Crippen LogP contribution < -0.4 is 5.32 Å². The summed E-state index contributed by atoms with van der Waals surface area (Å²) in [6, 6.07) is -0.460. The maximum Gasteiger partial charge on any atom is 0.249 e. The van der Waals surface area contributed by atoms with E-state index >= 15 is 0 Å². The number of thioether (sulfide) groups is 1. The van der Waals surface area contributed by atoms with Crippen LogP contribution in [0.2, 0.25) is 0 Å². The molecule has 0 aliphatic carbocycles. The second-order valence-electron chi connectivity index (χ2n) is 5.73. The Morgan fingerprint density at radius 3 is 2.73 bits per heavy atom. The van der Waals surface area contributed by atoms with Gasteiger partial charge in [0, 0.05) is 11.7 Å². The van der Waals surface area contributed by atoms with Gasteiger partial charge in [0.2, 0.25) is 17.4 Å². The molecule has 1 fully saturated rings. The van der Waals surface area contributed by atoms with Crippen molar-refractivity contribution in [2.45, 2.75) is 57.4 Å². The van der Waals surface area contributed by atoms with Crippen molar-refractivity contribution in [3.05, 3.63) is 5.01 Å². The molecule has 22 heavy (non-hydrogen) atoms. The predicted octanol–water partition coefficient (Wildman–Crippen LogP) is 2.69. The van der Waals surface area contributed by atoms with Crippen molar-refractivity contribution in [2.75, 3.05) is 11.1 Å². The molecule has 0 radical (unpaired) electrons. The molecule has 8 heteroatoms. The lowest BCUT2D eigenvalue weighted by molar-refractivity contribution is -0.130. The summed E-state index contributed by atoms with van der Waals surface area (Å²) in [4.78, 5) is 24.9. The van der Waals surface area contributed by atoms with E-state index in [-0.39, 0.29) is 10.8 Å². The molecular weight excluding hydrogens is 320 g/mol. The Morgan fingerprint density at radius 1 is 1.45 bits per heavy atom. The van der Waals surface area contributed by atoms with Crippen LogP contribution >= 0.6 is 23.1 Å². The minimum atomic E-state index is -0.460. The maximum absolute atomic E-state index is 12.4. The number of nitrogens with one attached hydrogen (secondary N) is 1. The summed E-state index contributed by atoms with van der Waals surface area (Å²) < 4.78 is 0. The van der Waals surface area contributed by atoms with Gasteiger partial charge < -0.3 is 4.90 Å². The third kappa shape index (κ3) is 3.43. The van der Waals surface area contributed by atoms with Gasteiger partial charge in [-0.1, -0.05) is 25.2 Å². The Kier molecular flexibility index (Phi) is 5.44. The van der Waals surface area contributed by atoms with E-state index in [2.05, 4.69) is 29.4 Å². The first-order chi connectivity index (χ1) is 10.4. The van der Waals surface area contributed by atoms with Gasteiger partial charge in [-0.05, 0) is 26.7 Å². The number of hydrogen-bond acceptors (Lipinski definition) is 6.